The Balaban J connectivity index is 2.57. The first-order chi connectivity index (χ1) is 7.67. The predicted molar refractivity (Wildman–Crippen MR) is 56.8 cm³/mol. The molecule has 0 amide bonds. The van der Waals surface area contributed by atoms with E-state index in [0.29, 0.717) is 25.3 Å². The monoisotopic (exact) mass is 222 g/mol. The number of carbonyl (C=O) groups is 1. The maximum absolute atomic E-state index is 10.6. The molecule has 0 fully saturated rings. The summed E-state index contributed by atoms with van der Waals surface area (Å²) < 4.78 is 5.13. The van der Waals surface area contributed by atoms with Crippen molar-refractivity contribution in [3.8, 4) is 6.07 Å². The highest BCUT2D eigenvalue weighted by Crippen LogP contribution is 2.10. The molecule has 1 N–H and O–H groups in total. The van der Waals surface area contributed by atoms with Crippen molar-refractivity contribution < 1.29 is 14.3 Å². The first-order valence-corrected chi connectivity index (χ1v) is 5.07. The number of aromatic carboxylic acids is 1. The molecule has 0 bridgehead atoms. The lowest BCUT2D eigenvalue weighted by molar-refractivity contribution is 0.0696. The van der Waals surface area contributed by atoms with Crippen LogP contribution in [0.5, 0.6) is 0 Å². The Hall–Kier alpha value is -1.80. The Labute approximate surface area is 93.9 Å². The highest BCUT2D eigenvalue weighted by molar-refractivity contribution is 5.87. The van der Waals surface area contributed by atoms with Crippen molar-refractivity contribution in [2.45, 2.75) is 19.9 Å². The fourth-order valence-electron chi connectivity index (χ4n) is 1.35. The van der Waals surface area contributed by atoms with Gasteiger partial charge in [-0.3, -0.25) is 4.90 Å². The van der Waals surface area contributed by atoms with Gasteiger partial charge in [-0.1, -0.05) is 6.92 Å². The molecule has 86 valence electrons. The molecule has 0 aliphatic carbocycles. The summed E-state index contributed by atoms with van der Waals surface area (Å²) in [5.41, 5.74) is 0.159. The highest BCUT2D eigenvalue weighted by atomic mass is 16.4. The van der Waals surface area contributed by atoms with E-state index < -0.39 is 5.97 Å². The number of hydrogen-bond donors (Lipinski definition) is 1. The van der Waals surface area contributed by atoms with Gasteiger partial charge in [0.15, 0.2) is 0 Å². The van der Waals surface area contributed by atoms with E-state index in [0.717, 1.165) is 6.54 Å². The zero-order valence-electron chi connectivity index (χ0n) is 9.14. The summed E-state index contributed by atoms with van der Waals surface area (Å²) in [5.74, 6) is -0.382. The number of nitriles is 1. The van der Waals surface area contributed by atoms with E-state index in [-0.39, 0.29) is 5.56 Å². The van der Waals surface area contributed by atoms with Crippen molar-refractivity contribution in [3.05, 3.63) is 23.7 Å². The van der Waals surface area contributed by atoms with Crippen molar-refractivity contribution in [2.24, 2.45) is 0 Å². The molecular formula is C11H14N2O3. The van der Waals surface area contributed by atoms with Gasteiger partial charge in [-0.25, -0.2) is 4.79 Å². The van der Waals surface area contributed by atoms with E-state index in [2.05, 4.69) is 6.07 Å². The maximum atomic E-state index is 10.6. The minimum atomic E-state index is -0.991. The normalized spacial score (nSPS) is 10.3. The van der Waals surface area contributed by atoms with Crippen molar-refractivity contribution in [1.82, 2.24) is 4.90 Å². The van der Waals surface area contributed by atoms with Crippen molar-refractivity contribution in [2.75, 3.05) is 13.1 Å². The van der Waals surface area contributed by atoms with Gasteiger partial charge in [0.1, 0.15) is 12.0 Å². The van der Waals surface area contributed by atoms with Crippen molar-refractivity contribution in [3.63, 3.8) is 0 Å². The largest absolute Gasteiger partial charge is 0.478 e. The molecule has 1 aromatic rings. The Morgan fingerprint density at radius 2 is 2.44 bits per heavy atom. The smallest absolute Gasteiger partial charge is 0.338 e. The summed E-state index contributed by atoms with van der Waals surface area (Å²) in [6, 6.07) is 3.59. The van der Waals surface area contributed by atoms with Gasteiger partial charge in [-0.05, 0) is 12.6 Å². The molecule has 5 nitrogen and oxygen atoms in total. The molecular weight excluding hydrogens is 208 g/mol. The Morgan fingerprint density at radius 3 is 2.94 bits per heavy atom. The zero-order valence-corrected chi connectivity index (χ0v) is 9.14. The van der Waals surface area contributed by atoms with Gasteiger partial charge in [0, 0.05) is 13.0 Å². The number of hydrogen-bond acceptors (Lipinski definition) is 4. The van der Waals surface area contributed by atoms with Crippen LogP contribution in [-0.4, -0.2) is 29.1 Å². The van der Waals surface area contributed by atoms with Crippen molar-refractivity contribution in [1.29, 1.82) is 5.26 Å². The number of carboxylic acid groups (broad SMARTS) is 1. The molecule has 0 aromatic carbocycles. The van der Waals surface area contributed by atoms with Gasteiger partial charge in [-0.2, -0.15) is 5.26 Å². The fourth-order valence-corrected chi connectivity index (χ4v) is 1.35. The second-order valence-electron chi connectivity index (χ2n) is 3.38. The van der Waals surface area contributed by atoms with Gasteiger partial charge in [-0.15, -0.1) is 0 Å². The minimum absolute atomic E-state index is 0.159. The van der Waals surface area contributed by atoms with Gasteiger partial charge in [0.05, 0.1) is 18.2 Å². The number of rotatable bonds is 6. The predicted octanol–water partition coefficient (Wildman–Crippen LogP) is 1.71. The second kappa shape index (κ2) is 5.93. The molecule has 1 rings (SSSR count). The summed E-state index contributed by atoms with van der Waals surface area (Å²) in [6.07, 6.45) is 1.69. The van der Waals surface area contributed by atoms with Crippen LogP contribution in [0.2, 0.25) is 0 Å². The first kappa shape index (κ1) is 12.3. The van der Waals surface area contributed by atoms with E-state index in [1.807, 2.05) is 11.8 Å². The fraction of sp³-hybridized carbons (Fsp3) is 0.455. The average Bonchev–Trinajstić information content (AvgIpc) is 2.72. The first-order valence-electron chi connectivity index (χ1n) is 5.07. The third kappa shape index (κ3) is 3.41. The molecule has 0 aliphatic heterocycles. The Kier molecular flexibility index (Phi) is 4.55. The quantitative estimate of drug-likeness (QED) is 0.792. The van der Waals surface area contributed by atoms with Crippen LogP contribution in [0.1, 0.15) is 29.5 Å². The summed E-state index contributed by atoms with van der Waals surface area (Å²) in [5, 5.41) is 17.2. The lowest BCUT2D eigenvalue weighted by atomic mass is 10.3. The molecule has 0 spiro atoms. The van der Waals surface area contributed by atoms with E-state index in [1.54, 1.807) is 0 Å². The van der Waals surface area contributed by atoms with Crippen LogP contribution in [0.25, 0.3) is 0 Å². The highest BCUT2D eigenvalue weighted by Gasteiger charge is 2.10. The van der Waals surface area contributed by atoms with Crippen LogP contribution in [0.4, 0.5) is 0 Å². The molecule has 1 heterocycles. The van der Waals surface area contributed by atoms with Crippen LogP contribution < -0.4 is 0 Å². The molecule has 1 aromatic heterocycles. The van der Waals surface area contributed by atoms with Crippen LogP contribution in [0.15, 0.2) is 16.7 Å². The summed E-state index contributed by atoms with van der Waals surface area (Å²) in [4.78, 5) is 12.6. The summed E-state index contributed by atoms with van der Waals surface area (Å²) >= 11 is 0. The minimum Gasteiger partial charge on any atom is -0.478 e. The third-order valence-corrected chi connectivity index (χ3v) is 2.27. The van der Waals surface area contributed by atoms with Crippen molar-refractivity contribution >= 4 is 5.97 Å². The van der Waals surface area contributed by atoms with Gasteiger partial charge < -0.3 is 9.52 Å². The lowest BCUT2D eigenvalue weighted by Gasteiger charge is -2.16. The van der Waals surface area contributed by atoms with E-state index in [1.165, 1.54) is 12.3 Å². The molecule has 0 radical (unpaired) electrons. The molecule has 0 saturated heterocycles. The molecule has 0 aliphatic rings. The summed E-state index contributed by atoms with van der Waals surface area (Å²) in [6.45, 7) is 3.98. The average molecular weight is 222 g/mol. The van der Waals surface area contributed by atoms with Crippen LogP contribution in [0, 0.1) is 11.3 Å². The number of furan rings is 1. The summed E-state index contributed by atoms with van der Waals surface area (Å²) in [7, 11) is 0. The molecule has 0 atom stereocenters. The molecule has 0 unspecified atom stereocenters. The Morgan fingerprint density at radius 1 is 1.69 bits per heavy atom. The number of carboxylic acids is 1. The van der Waals surface area contributed by atoms with E-state index in [4.69, 9.17) is 14.8 Å². The van der Waals surface area contributed by atoms with Crippen LogP contribution in [-0.2, 0) is 6.54 Å². The topological polar surface area (TPSA) is 77.5 Å². The second-order valence-corrected chi connectivity index (χ2v) is 3.38. The molecule has 0 saturated carbocycles. The van der Waals surface area contributed by atoms with Crippen LogP contribution in [0.3, 0.4) is 0 Å². The standard InChI is InChI=1S/C11H14N2O3/c1-2-13(5-3-4-12)7-10-6-9(8-16-10)11(14)15/h6,8H,2-3,5,7H2,1H3,(H,14,15). The molecule has 5 heteroatoms. The van der Waals surface area contributed by atoms with Gasteiger partial charge in [0.25, 0.3) is 0 Å². The number of nitrogens with zero attached hydrogens (tertiary/aromatic N) is 2. The maximum Gasteiger partial charge on any atom is 0.338 e. The van der Waals surface area contributed by atoms with E-state index in [9.17, 15) is 4.79 Å². The SMILES string of the molecule is CCN(CCC#N)Cc1cc(C(=O)O)co1. The van der Waals surface area contributed by atoms with E-state index >= 15 is 0 Å². The third-order valence-electron chi connectivity index (χ3n) is 2.27. The zero-order chi connectivity index (χ0) is 12.0. The van der Waals surface area contributed by atoms with Gasteiger partial charge >= 0.3 is 5.97 Å². The lowest BCUT2D eigenvalue weighted by Crippen LogP contribution is -2.23. The Bertz CT molecular complexity index is 392. The molecule has 16 heavy (non-hydrogen) atoms. The van der Waals surface area contributed by atoms with Gasteiger partial charge in [0.2, 0.25) is 0 Å². The van der Waals surface area contributed by atoms with Crippen LogP contribution >= 0.6 is 0 Å².